The molecule has 0 aliphatic carbocycles. The van der Waals surface area contributed by atoms with Crippen molar-refractivity contribution in [3.8, 4) is 5.88 Å². The summed E-state index contributed by atoms with van der Waals surface area (Å²) in [5.74, 6) is -0.0153. The Morgan fingerprint density at radius 3 is 2.76 bits per heavy atom. The Kier molecular flexibility index (Phi) is 6.15. The van der Waals surface area contributed by atoms with Crippen LogP contribution < -0.4 is 15.9 Å². The largest absolute Gasteiger partial charge is 0.472 e. The van der Waals surface area contributed by atoms with E-state index in [2.05, 4.69) is 20.5 Å². The minimum Gasteiger partial charge on any atom is -0.472 e. The summed E-state index contributed by atoms with van der Waals surface area (Å²) < 4.78 is 43.7. The number of amidine groups is 1. The Morgan fingerprint density at radius 1 is 1.28 bits per heavy atom. The maximum Gasteiger partial charge on any atom is 0.416 e. The minimum absolute atomic E-state index is 0.0592. The van der Waals surface area contributed by atoms with Crippen molar-refractivity contribution in [1.29, 1.82) is 0 Å². The van der Waals surface area contributed by atoms with Crippen molar-refractivity contribution < 1.29 is 22.7 Å². The van der Waals surface area contributed by atoms with Crippen molar-refractivity contribution in [3.63, 3.8) is 0 Å². The molecule has 0 radical (unpaired) electrons. The molecule has 1 aliphatic rings. The number of nitrogens with two attached hydrogens (primary N) is 1. The molecule has 0 atom stereocenters. The van der Waals surface area contributed by atoms with Crippen molar-refractivity contribution in [3.05, 3.63) is 53.5 Å². The fourth-order valence-corrected chi connectivity index (χ4v) is 2.69. The fourth-order valence-electron chi connectivity index (χ4n) is 2.69. The van der Waals surface area contributed by atoms with Crippen LogP contribution in [-0.2, 0) is 12.8 Å². The van der Waals surface area contributed by atoms with Crippen LogP contribution in [0.15, 0.2) is 41.8 Å². The lowest BCUT2D eigenvalue weighted by Crippen LogP contribution is -2.36. The van der Waals surface area contributed by atoms with E-state index < -0.39 is 11.7 Å². The van der Waals surface area contributed by atoms with Crippen LogP contribution in [0.25, 0.3) is 0 Å². The van der Waals surface area contributed by atoms with Gasteiger partial charge < -0.3 is 15.4 Å². The number of carbonyl (C=O) groups is 1. The molecule has 2 amide bonds. The third-order valence-corrected chi connectivity index (χ3v) is 4.18. The first-order chi connectivity index (χ1) is 13.8. The van der Waals surface area contributed by atoms with Gasteiger partial charge in [-0.05, 0) is 30.5 Å². The Morgan fingerprint density at radius 2 is 2.03 bits per heavy atom. The molecule has 2 heterocycles. The van der Waals surface area contributed by atoms with E-state index in [4.69, 9.17) is 10.5 Å². The maximum atomic E-state index is 12.8. The molecule has 1 saturated heterocycles. The predicted molar refractivity (Wildman–Crippen MR) is 97.9 cm³/mol. The number of hydrogen-bond donors (Lipinski definition) is 2. The number of ether oxygens (including phenoxy) is 1. The molecule has 2 aromatic rings. The number of carbonyl (C=O) groups excluding carboxylic acids is 1. The zero-order valence-electron chi connectivity index (χ0n) is 15.3. The quantitative estimate of drug-likeness (QED) is 0.449. The molecule has 29 heavy (non-hydrogen) atoms. The van der Waals surface area contributed by atoms with Crippen molar-refractivity contribution in [1.82, 2.24) is 20.3 Å². The highest BCUT2D eigenvalue weighted by atomic mass is 19.4. The first-order valence-electron chi connectivity index (χ1n) is 8.82. The van der Waals surface area contributed by atoms with Crippen LogP contribution >= 0.6 is 0 Å². The molecule has 1 aliphatic heterocycles. The molecule has 0 unspecified atom stereocenters. The van der Waals surface area contributed by atoms with Crippen molar-refractivity contribution in [2.45, 2.75) is 25.6 Å². The standard InChI is InChI=1S/C18H19F3N6O2/c19-18(20,21)13-5-3-4-12(8-13)11-29-15-10-23-9-14(24-15)16(22)25-26-17(28)27-6-1-2-7-27/h3-5,8-10H,1-2,6-7,11H2,(H2,22,25)(H,26,28). The van der Waals surface area contributed by atoms with Gasteiger partial charge >= 0.3 is 12.2 Å². The molecule has 0 spiro atoms. The lowest BCUT2D eigenvalue weighted by atomic mass is 10.1. The number of alkyl halides is 3. The first-order valence-corrected chi connectivity index (χ1v) is 8.82. The Bertz CT molecular complexity index is 897. The number of aromatic nitrogens is 2. The van der Waals surface area contributed by atoms with Gasteiger partial charge in [-0.15, -0.1) is 0 Å². The summed E-state index contributed by atoms with van der Waals surface area (Å²) in [5, 5.41) is 3.81. The van der Waals surface area contributed by atoms with Gasteiger partial charge in [0.2, 0.25) is 5.88 Å². The van der Waals surface area contributed by atoms with Crippen LogP contribution in [0.3, 0.4) is 0 Å². The molecule has 1 fully saturated rings. The third-order valence-electron chi connectivity index (χ3n) is 4.18. The number of hydrazone groups is 1. The first kappa shape index (κ1) is 20.4. The lowest BCUT2D eigenvalue weighted by Gasteiger charge is -2.13. The Hall–Kier alpha value is -3.37. The zero-order chi connectivity index (χ0) is 20.9. The van der Waals surface area contributed by atoms with E-state index in [0.29, 0.717) is 18.7 Å². The fraction of sp³-hybridized carbons (Fsp3) is 0.333. The smallest absolute Gasteiger partial charge is 0.416 e. The van der Waals surface area contributed by atoms with Crippen LogP contribution in [0, 0.1) is 0 Å². The van der Waals surface area contributed by atoms with Crippen LogP contribution in [-0.4, -0.2) is 39.8 Å². The molecule has 0 saturated carbocycles. The van der Waals surface area contributed by atoms with Gasteiger partial charge in [-0.1, -0.05) is 12.1 Å². The second-order valence-electron chi connectivity index (χ2n) is 6.34. The summed E-state index contributed by atoms with van der Waals surface area (Å²) in [4.78, 5) is 21.6. The number of nitrogens with one attached hydrogen (secondary N) is 1. The number of nitrogens with zero attached hydrogens (tertiary/aromatic N) is 4. The van der Waals surface area contributed by atoms with E-state index in [0.717, 1.165) is 25.0 Å². The van der Waals surface area contributed by atoms with E-state index in [-0.39, 0.29) is 30.0 Å². The molecule has 3 N–H and O–H groups in total. The van der Waals surface area contributed by atoms with Crippen molar-refractivity contribution >= 4 is 11.9 Å². The van der Waals surface area contributed by atoms with Gasteiger partial charge in [0.1, 0.15) is 12.3 Å². The SMILES string of the molecule is N/C(=N\NC(=O)N1CCCC1)c1cncc(OCc2cccc(C(F)(F)F)c2)n1. The van der Waals surface area contributed by atoms with Crippen molar-refractivity contribution in [2.75, 3.05) is 13.1 Å². The van der Waals surface area contributed by atoms with Crippen LogP contribution in [0.5, 0.6) is 5.88 Å². The normalized spacial score (nSPS) is 14.7. The highest BCUT2D eigenvalue weighted by Crippen LogP contribution is 2.29. The summed E-state index contributed by atoms with van der Waals surface area (Å²) in [6.07, 6.45) is 0.0953. The summed E-state index contributed by atoms with van der Waals surface area (Å²) in [6, 6.07) is 4.45. The molecular weight excluding hydrogens is 389 g/mol. The van der Waals surface area contributed by atoms with E-state index in [1.165, 1.54) is 24.5 Å². The lowest BCUT2D eigenvalue weighted by molar-refractivity contribution is -0.137. The van der Waals surface area contributed by atoms with E-state index in [9.17, 15) is 18.0 Å². The number of rotatable bonds is 5. The predicted octanol–water partition coefficient (Wildman–Crippen LogP) is 2.50. The third kappa shape index (κ3) is 5.56. The average Bonchev–Trinajstić information content (AvgIpc) is 3.25. The van der Waals surface area contributed by atoms with Gasteiger partial charge in [0.15, 0.2) is 5.84 Å². The number of likely N-dealkylation sites (tertiary alicyclic amines) is 1. The maximum absolute atomic E-state index is 12.8. The molecular formula is C18H19F3N6O2. The minimum atomic E-state index is -4.43. The molecule has 1 aromatic carbocycles. The molecule has 8 nitrogen and oxygen atoms in total. The van der Waals surface area contributed by atoms with Crippen LogP contribution in [0.1, 0.15) is 29.7 Å². The summed E-state index contributed by atoms with van der Waals surface area (Å²) >= 11 is 0. The van der Waals surface area contributed by atoms with E-state index >= 15 is 0 Å². The second-order valence-corrected chi connectivity index (χ2v) is 6.34. The van der Waals surface area contributed by atoms with Crippen LogP contribution in [0.4, 0.5) is 18.0 Å². The number of amides is 2. The molecule has 3 rings (SSSR count). The summed E-state index contributed by atoms with van der Waals surface area (Å²) in [6.45, 7) is 1.20. The molecule has 11 heteroatoms. The summed E-state index contributed by atoms with van der Waals surface area (Å²) in [7, 11) is 0. The highest BCUT2D eigenvalue weighted by Gasteiger charge is 2.30. The zero-order valence-corrected chi connectivity index (χ0v) is 15.3. The molecule has 1 aromatic heterocycles. The second kappa shape index (κ2) is 8.76. The van der Waals surface area contributed by atoms with Gasteiger partial charge in [0.05, 0.1) is 18.0 Å². The van der Waals surface area contributed by atoms with Crippen LogP contribution in [0.2, 0.25) is 0 Å². The van der Waals surface area contributed by atoms with Crippen molar-refractivity contribution in [2.24, 2.45) is 10.8 Å². The highest BCUT2D eigenvalue weighted by molar-refractivity contribution is 5.96. The topological polar surface area (TPSA) is 106 Å². The monoisotopic (exact) mass is 408 g/mol. The van der Waals surface area contributed by atoms with E-state index in [1.54, 1.807) is 4.90 Å². The van der Waals surface area contributed by atoms with Gasteiger partial charge in [-0.2, -0.15) is 18.3 Å². The summed E-state index contributed by atoms with van der Waals surface area (Å²) in [5.41, 5.74) is 7.90. The van der Waals surface area contributed by atoms with Gasteiger partial charge in [-0.3, -0.25) is 4.98 Å². The Balaban J connectivity index is 1.62. The van der Waals surface area contributed by atoms with E-state index in [1.807, 2.05) is 0 Å². The number of benzene rings is 1. The molecule has 0 bridgehead atoms. The molecule has 154 valence electrons. The van der Waals surface area contributed by atoms with Gasteiger partial charge in [0.25, 0.3) is 0 Å². The number of urea groups is 1. The van der Waals surface area contributed by atoms with Gasteiger partial charge in [-0.25, -0.2) is 15.2 Å². The number of hydrogen-bond acceptors (Lipinski definition) is 5. The number of halogens is 3. The Labute approximate surface area is 164 Å². The average molecular weight is 408 g/mol. The van der Waals surface area contributed by atoms with Gasteiger partial charge in [0, 0.05) is 13.1 Å².